The first-order valence-corrected chi connectivity index (χ1v) is 7.80. The van der Waals surface area contributed by atoms with Crippen molar-refractivity contribution in [3.63, 3.8) is 0 Å². The van der Waals surface area contributed by atoms with Crippen molar-refractivity contribution >= 4 is 17.0 Å². The fourth-order valence-electron chi connectivity index (χ4n) is 2.08. The highest BCUT2D eigenvalue weighted by atomic mass is 32.1. The number of nitrogens with zero attached hydrogens (tertiary/aromatic N) is 3. The summed E-state index contributed by atoms with van der Waals surface area (Å²) in [6.07, 6.45) is 4.11. The number of rotatable bonds is 5. The van der Waals surface area contributed by atoms with Gasteiger partial charge in [-0.05, 0) is 19.1 Å². The van der Waals surface area contributed by atoms with Gasteiger partial charge in [0.25, 0.3) is 0 Å². The van der Waals surface area contributed by atoms with Gasteiger partial charge in [0.1, 0.15) is 5.69 Å². The summed E-state index contributed by atoms with van der Waals surface area (Å²) in [6.45, 7) is 2.55. The zero-order valence-corrected chi connectivity index (χ0v) is 13.0. The van der Waals surface area contributed by atoms with Crippen molar-refractivity contribution < 1.29 is 4.74 Å². The summed E-state index contributed by atoms with van der Waals surface area (Å²) < 4.78 is 5.82. The second-order valence-electron chi connectivity index (χ2n) is 4.79. The van der Waals surface area contributed by atoms with Crippen molar-refractivity contribution in [3.8, 4) is 17.1 Å². The standard InChI is InChI=1S/C16H16N4OS/c1-11-14(22-10-20-11)6-9-21-16-15(18-7-8-19-16)12-2-4-13(17)5-3-12/h2-5,7-8,10H,6,9,17H2,1H3. The quantitative estimate of drug-likeness (QED) is 0.733. The number of anilines is 1. The molecule has 1 aromatic carbocycles. The number of benzene rings is 1. The first-order chi connectivity index (χ1) is 10.7. The second kappa shape index (κ2) is 6.53. The van der Waals surface area contributed by atoms with Crippen LogP contribution in [0.15, 0.2) is 42.2 Å². The maximum absolute atomic E-state index is 5.82. The van der Waals surface area contributed by atoms with Gasteiger partial charge in [0.15, 0.2) is 0 Å². The Morgan fingerprint density at radius 1 is 1.09 bits per heavy atom. The van der Waals surface area contributed by atoms with Gasteiger partial charge < -0.3 is 10.5 Å². The summed E-state index contributed by atoms with van der Waals surface area (Å²) in [5.74, 6) is 0.537. The predicted octanol–water partition coefficient (Wildman–Crippen LogP) is 3.11. The van der Waals surface area contributed by atoms with Gasteiger partial charge in [0.05, 0.1) is 17.8 Å². The van der Waals surface area contributed by atoms with Gasteiger partial charge in [-0.2, -0.15) is 0 Å². The van der Waals surface area contributed by atoms with Crippen molar-refractivity contribution in [2.24, 2.45) is 0 Å². The van der Waals surface area contributed by atoms with E-state index in [1.54, 1.807) is 23.7 Å². The lowest BCUT2D eigenvalue weighted by Crippen LogP contribution is -2.04. The summed E-state index contributed by atoms with van der Waals surface area (Å²) in [5, 5.41) is 0. The first-order valence-electron chi connectivity index (χ1n) is 6.92. The third-order valence-corrected chi connectivity index (χ3v) is 4.26. The molecule has 5 nitrogen and oxygen atoms in total. The fourth-order valence-corrected chi connectivity index (χ4v) is 2.84. The molecule has 0 aliphatic carbocycles. The molecule has 112 valence electrons. The Kier molecular flexibility index (Phi) is 4.29. The maximum Gasteiger partial charge on any atom is 0.240 e. The van der Waals surface area contributed by atoms with Crippen molar-refractivity contribution in [1.29, 1.82) is 0 Å². The Morgan fingerprint density at radius 2 is 1.86 bits per heavy atom. The van der Waals surface area contributed by atoms with Gasteiger partial charge in [-0.25, -0.2) is 15.0 Å². The van der Waals surface area contributed by atoms with Gasteiger partial charge in [0, 0.05) is 34.9 Å². The Hall–Kier alpha value is -2.47. The average Bonchev–Trinajstić information content (AvgIpc) is 2.94. The Morgan fingerprint density at radius 3 is 2.59 bits per heavy atom. The van der Waals surface area contributed by atoms with Crippen molar-refractivity contribution in [1.82, 2.24) is 15.0 Å². The molecule has 2 aromatic heterocycles. The topological polar surface area (TPSA) is 73.9 Å². The molecule has 3 aromatic rings. The minimum Gasteiger partial charge on any atom is -0.476 e. The number of hydrogen-bond acceptors (Lipinski definition) is 6. The van der Waals surface area contributed by atoms with Gasteiger partial charge in [-0.1, -0.05) is 12.1 Å². The van der Waals surface area contributed by atoms with Crippen LogP contribution in [0.1, 0.15) is 10.6 Å². The highest BCUT2D eigenvalue weighted by Crippen LogP contribution is 2.26. The van der Waals surface area contributed by atoms with Crippen LogP contribution in [0, 0.1) is 6.92 Å². The molecule has 0 saturated carbocycles. The van der Waals surface area contributed by atoms with E-state index < -0.39 is 0 Å². The molecule has 3 rings (SSSR count). The zero-order chi connectivity index (χ0) is 15.4. The first kappa shape index (κ1) is 14.5. The van der Waals surface area contributed by atoms with Gasteiger partial charge in [0.2, 0.25) is 5.88 Å². The largest absolute Gasteiger partial charge is 0.476 e. The van der Waals surface area contributed by atoms with E-state index in [1.165, 1.54) is 4.88 Å². The van der Waals surface area contributed by atoms with Crippen LogP contribution in [-0.4, -0.2) is 21.6 Å². The van der Waals surface area contributed by atoms with E-state index in [-0.39, 0.29) is 0 Å². The molecule has 2 heterocycles. The molecule has 2 N–H and O–H groups in total. The van der Waals surface area contributed by atoms with Crippen LogP contribution in [0.4, 0.5) is 5.69 Å². The number of hydrogen-bond donors (Lipinski definition) is 1. The van der Waals surface area contributed by atoms with Crippen molar-refractivity contribution in [2.45, 2.75) is 13.3 Å². The van der Waals surface area contributed by atoms with Crippen LogP contribution in [0.2, 0.25) is 0 Å². The van der Waals surface area contributed by atoms with Crippen LogP contribution < -0.4 is 10.5 Å². The molecular weight excluding hydrogens is 296 g/mol. The van der Waals surface area contributed by atoms with E-state index in [2.05, 4.69) is 15.0 Å². The van der Waals surface area contributed by atoms with Crippen molar-refractivity contribution in [3.05, 3.63) is 52.7 Å². The normalized spacial score (nSPS) is 10.6. The van der Waals surface area contributed by atoms with Gasteiger partial charge in [-0.15, -0.1) is 11.3 Å². The number of nitrogen functional groups attached to an aromatic ring is 1. The Labute approximate surface area is 132 Å². The van der Waals surface area contributed by atoms with E-state index >= 15 is 0 Å². The lowest BCUT2D eigenvalue weighted by atomic mass is 10.1. The van der Waals surface area contributed by atoms with E-state index in [9.17, 15) is 0 Å². The van der Waals surface area contributed by atoms with E-state index in [1.807, 2.05) is 36.7 Å². The molecule has 0 aliphatic heterocycles. The average molecular weight is 312 g/mol. The minimum absolute atomic E-state index is 0.537. The molecule has 0 atom stereocenters. The summed E-state index contributed by atoms with van der Waals surface area (Å²) in [4.78, 5) is 14.1. The van der Waals surface area contributed by atoms with Gasteiger partial charge in [-0.3, -0.25) is 0 Å². The summed E-state index contributed by atoms with van der Waals surface area (Å²) >= 11 is 1.65. The lowest BCUT2D eigenvalue weighted by molar-refractivity contribution is 0.310. The lowest BCUT2D eigenvalue weighted by Gasteiger charge is -2.09. The number of nitrogens with two attached hydrogens (primary N) is 1. The molecule has 22 heavy (non-hydrogen) atoms. The fraction of sp³-hybridized carbons (Fsp3) is 0.188. The zero-order valence-electron chi connectivity index (χ0n) is 12.2. The molecule has 0 fully saturated rings. The third-order valence-electron chi connectivity index (χ3n) is 3.26. The number of aryl methyl sites for hydroxylation is 1. The molecule has 0 unspecified atom stereocenters. The molecular formula is C16H16N4OS. The number of thiazole rings is 1. The smallest absolute Gasteiger partial charge is 0.240 e. The van der Waals surface area contributed by atoms with E-state index in [0.29, 0.717) is 12.5 Å². The maximum atomic E-state index is 5.82. The summed E-state index contributed by atoms with van der Waals surface area (Å²) in [5.41, 5.74) is 11.0. The highest BCUT2D eigenvalue weighted by molar-refractivity contribution is 7.09. The van der Waals surface area contributed by atoms with Crippen LogP contribution in [-0.2, 0) is 6.42 Å². The second-order valence-corrected chi connectivity index (χ2v) is 5.73. The number of ether oxygens (including phenoxy) is 1. The molecule has 0 aliphatic rings. The summed E-state index contributed by atoms with van der Waals surface area (Å²) in [7, 11) is 0. The van der Waals surface area contributed by atoms with Crippen LogP contribution in [0.3, 0.4) is 0 Å². The monoisotopic (exact) mass is 312 g/mol. The molecule has 6 heteroatoms. The Balaban J connectivity index is 1.74. The third kappa shape index (κ3) is 3.23. The van der Waals surface area contributed by atoms with E-state index in [0.717, 1.165) is 29.1 Å². The van der Waals surface area contributed by atoms with Gasteiger partial charge >= 0.3 is 0 Å². The van der Waals surface area contributed by atoms with Crippen molar-refractivity contribution in [2.75, 3.05) is 12.3 Å². The molecule has 0 amide bonds. The molecule has 0 radical (unpaired) electrons. The molecule has 0 bridgehead atoms. The highest BCUT2D eigenvalue weighted by Gasteiger charge is 2.10. The van der Waals surface area contributed by atoms with Crippen LogP contribution in [0.5, 0.6) is 5.88 Å². The number of aromatic nitrogens is 3. The van der Waals surface area contributed by atoms with Crippen LogP contribution in [0.25, 0.3) is 11.3 Å². The molecule has 0 spiro atoms. The molecule has 0 saturated heterocycles. The predicted molar refractivity (Wildman–Crippen MR) is 87.9 cm³/mol. The van der Waals surface area contributed by atoms with E-state index in [4.69, 9.17) is 10.5 Å². The van der Waals surface area contributed by atoms with Crippen LogP contribution >= 0.6 is 11.3 Å². The Bertz CT molecular complexity index is 755. The SMILES string of the molecule is Cc1ncsc1CCOc1nccnc1-c1ccc(N)cc1. The summed E-state index contributed by atoms with van der Waals surface area (Å²) in [6, 6.07) is 7.52. The minimum atomic E-state index is 0.537.